The van der Waals surface area contributed by atoms with E-state index in [1.54, 1.807) is 0 Å². The maximum Gasteiger partial charge on any atom is 0.0459 e. The van der Waals surface area contributed by atoms with Crippen molar-refractivity contribution in [3.63, 3.8) is 0 Å². The highest BCUT2D eigenvalue weighted by atomic mass is 79.9. The van der Waals surface area contributed by atoms with Gasteiger partial charge in [0.1, 0.15) is 0 Å². The second-order valence-electron chi connectivity index (χ2n) is 4.26. The number of rotatable bonds is 3. The van der Waals surface area contributed by atoms with Gasteiger partial charge in [-0.3, -0.25) is 0 Å². The monoisotopic (exact) mass is 323 g/mol. The molecule has 1 N–H and O–H groups in total. The van der Waals surface area contributed by atoms with Crippen LogP contribution >= 0.6 is 27.5 Å². The molecular formula is C15H15BrClN. The van der Waals surface area contributed by atoms with Gasteiger partial charge in [-0.2, -0.15) is 0 Å². The minimum Gasteiger partial charge on any atom is -0.313 e. The Kier molecular flexibility index (Phi) is 4.44. The van der Waals surface area contributed by atoms with Crippen LogP contribution in [0.5, 0.6) is 0 Å². The summed E-state index contributed by atoms with van der Waals surface area (Å²) in [5.41, 5.74) is 3.42. The van der Waals surface area contributed by atoms with E-state index in [-0.39, 0.29) is 6.04 Å². The molecule has 0 saturated heterocycles. The van der Waals surface area contributed by atoms with Crippen LogP contribution in [0.2, 0.25) is 5.02 Å². The molecule has 0 aliphatic heterocycles. The molecule has 1 nitrogen and oxygen atoms in total. The maximum atomic E-state index is 6.34. The zero-order chi connectivity index (χ0) is 13.1. The molecule has 18 heavy (non-hydrogen) atoms. The molecule has 0 heterocycles. The van der Waals surface area contributed by atoms with Crippen LogP contribution in [0, 0.1) is 0 Å². The van der Waals surface area contributed by atoms with Crippen molar-refractivity contribution in [3.8, 4) is 11.1 Å². The third-order valence-electron chi connectivity index (χ3n) is 3.06. The SMILES string of the molecule is CNC(C)c1ccc(-c2cccc(Br)c2)cc1Cl. The molecule has 0 aromatic heterocycles. The van der Waals surface area contributed by atoms with Gasteiger partial charge in [-0.25, -0.2) is 0 Å². The molecule has 2 rings (SSSR count). The third kappa shape index (κ3) is 2.94. The van der Waals surface area contributed by atoms with Gasteiger partial charge in [0.2, 0.25) is 0 Å². The van der Waals surface area contributed by atoms with Crippen molar-refractivity contribution in [3.05, 3.63) is 57.5 Å². The summed E-state index contributed by atoms with van der Waals surface area (Å²) in [6.45, 7) is 2.10. The van der Waals surface area contributed by atoms with Crippen LogP contribution in [0.1, 0.15) is 18.5 Å². The van der Waals surface area contributed by atoms with Gasteiger partial charge in [-0.1, -0.05) is 51.8 Å². The van der Waals surface area contributed by atoms with Crippen LogP contribution in [-0.4, -0.2) is 7.05 Å². The molecule has 0 radical (unpaired) electrons. The zero-order valence-corrected chi connectivity index (χ0v) is 12.7. The Morgan fingerprint density at radius 1 is 1.11 bits per heavy atom. The highest BCUT2D eigenvalue weighted by Gasteiger charge is 2.08. The van der Waals surface area contributed by atoms with Crippen molar-refractivity contribution in [2.75, 3.05) is 7.05 Å². The van der Waals surface area contributed by atoms with Crippen molar-refractivity contribution in [1.29, 1.82) is 0 Å². The second kappa shape index (κ2) is 5.87. The van der Waals surface area contributed by atoms with Gasteiger partial charge >= 0.3 is 0 Å². The molecule has 0 saturated carbocycles. The Balaban J connectivity index is 2.40. The minimum atomic E-state index is 0.258. The summed E-state index contributed by atoms with van der Waals surface area (Å²) >= 11 is 9.82. The Morgan fingerprint density at radius 2 is 1.83 bits per heavy atom. The first-order valence-corrected chi connectivity index (χ1v) is 7.01. The van der Waals surface area contributed by atoms with Gasteiger partial charge in [0.25, 0.3) is 0 Å². The van der Waals surface area contributed by atoms with E-state index in [0.29, 0.717) is 0 Å². The van der Waals surface area contributed by atoms with Gasteiger partial charge in [0.05, 0.1) is 0 Å². The first-order chi connectivity index (χ1) is 8.61. The van der Waals surface area contributed by atoms with E-state index >= 15 is 0 Å². The average Bonchev–Trinajstić information content (AvgIpc) is 2.37. The summed E-state index contributed by atoms with van der Waals surface area (Å²) in [4.78, 5) is 0. The number of benzene rings is 2. The first-order valence-electron chi connectivity index (χ1n) is 5.84. The zero-order valence-electron chi connectivity index (χ0n) is 10.4. The first kappa shape index (κ1) is 13.6. The molecule has 2 aromatic rings. The van der Waals surface area contributed by atoms with E-state index in [1.807, 2.05) is 25.2 Å². The molecule has 3 heteroatoms. The summed E-state index contributed by atoms with van der Waals surface area (Å²) in [5, 5.41) is 4.00. The lowest BCUT2D eigenvalue weighted by Crippen LogP contribution is -2.12. The Bertz CT molecular complexity index is 554. The van der Waals surface area contributed by atoms with E-state index in [9.17, 15) is 0 Å². The lowest BCUT2D eigenvalue weighted by molar-refractivity contribution is 0.652. The maximum absolute atomic E-state index is 6.34. The number of halogens is 2. The normalized spacial score (nSPS) is 12.4. The van der Waals surface area contributed by atoms with Crippen LogP contribution in [0.15, 0.2) is 46.9 Å². The van der Waals surface area contributed by atoms with Gasteiger partial charge in [0.15, 0.2) is 0 Å². The molecule has 0 fully saturated rings. The fraction of sp³-hybridized carbons (Fsp3) is 0.200. The fourth-order valence-corrected chi connectivity index (χ4v) is 2.62. The Morgan fingerprint density at radius 3 is 2.44 bits per heavy atom. The van der Waals surface area contributed by atoms with Crippen LogP contribution in [0.25, 0.3) is 11.1 Å². The van der Waals surface area contributed by atoms with Crippen molar-refractivity contribution >= 4 is 27.5 Å². The lowest BCUT2D eigenvalue weighted by atomic mass is 10.0. The Hall–Kier alpha value is -0.830. The summed E-state index contributed by atoms with van der Waals surface area (Å²) in [7, 11) is 1.93. The van der Waals surface area contributed by atoms with E-state index < -0.39 is 0 Å². The van der Waals surface area contributed by atoms with Crippen LogP contribution in [-0.2, 0) is 0 Å². The lowest BCUT2D eigenvalue weighted by Gasteiger charge is -2.13. The standard InChI is InChI=1S/C15H15BrClN/c1-10(18-2)14-7-6-12(9-15(14)17)11-4-3-5-13(16)8-11/h3-10,18H,1-2H3. The molecule has 0 bridgehead atoms. The highest BCUT2D eigenvalue weighted by Crippen LogP contribution is 2.30. The molecule has 0 amide bonds. The predicted molar refractivity (Wildman–Crippen MR) is 82.1 cm³/mol. The minimum absolute atomic E-state index is 0.258. The van der Waals surface area contributed by atoms with E-state index in [1.165, 1.54) is 0 Å². The Labute approximate surface area is 121 Å². The average molecular weight is 325 g/mol. The topological polar surface area (TPSA) is 12.0 Å². The van der Waals surface area contributed by atoms with Gasteiger partial charge in [0, 0.05) is 15.5 Å². The predicted octanol–water partition coefficient (Wildman–Crippen LogP) is 5.05. The molecule has 1 atom stereocenters. The molecule has 94 valence electrons. The van der Waals surface area contributed by atoms with Crippen LogP contribution < -0.4 is 5.32 Å². The van der Waals surface area contributed by atoms with Crippen molar-refractivity contribution < 1.29 is 0 Å². The van der Waals surface area contributed by atoms with Crippen molar-refractivity contribution in [2.24, 2.45) is 0 Å². The third-order valence-corrected chi connectivity index (χ3v) is 3.88. The number of hydrogen-bond donors (Lipinski definition) is 1. The van der Waals surface area contributed by atoms with E-state index in [0.717, 1.165) is 26.2 Å². The smallest absolute Gasteiger partial charge is 0.0459 e. The summed E-state index contributed by atoms with van der Waals surface area (Å²) in [6, 6.07) is 14.7. The summed E-state index contributed by atoms with van der Waals surface area (Å²) in [5.74, 6) is 0. The largest absolute Gasteiger partial charge is 0.313 e. The molecular weight excluding hydrogens is 310 g/mol. The fourth-order valence-electron chi connectivity index (χ4n) is 1.88. The molecule has 0 aliphatic rings. The number of nitrogens with one attached hydrogen (secondary N) is 1. The number of hydrogen-bond acceptors (Lipinski definition) is 1. The van der Waals surface area contributed by atoms with Gasteiger partial charge < -0.3 is 5.32 Å². The molecule has 0 aliphatic carbocycles. The van der Waals surface area contributed by atoms with Crippen LogP contribution in [0.3, 0.4) is 0 Å². The van der Waals surface area contributed by atoms with Gasteiger partial charge in [-0.05, 0) is 48.9 Å². The quantitative estimate of drug-likeness (QED) is 0.833. The van der Waals surface area contributed by atoms with E-state index in [2.05, 4.69) is 52.4 Å². The van der Waals surface area contributed by atoms with Crippen molar-refractivity contribution in [1.82, 2.24) is 5.32 Å². The molecule has 0 spiro atoms. The second-order valence-corrected chi connectivity index (χ2v) is 5.58. The molecule has 2 aromatic carbocycles. The summed E-state index contributed by atoms with van der Waals surface area (Å²) in [6.07, 6.45) is 0. The van der Waals surface area contributed by atoms with Crippen molar-refractivity contribution in [2.45, 2.75) is 13.0 Å². The van der Waals surface area contributed by atoms with E-state index in [4.69, 9.17) is 11.6 Å². The van der Waals surface area contributed by atoms with Crippen LogP contribution in [0.4, 0.5) is 0 Å². The highest BCUT2D eigenvalue weighted by molar-refractivity contribution is 9.10. The summed E-state index contributed by atoms with van der Waals surface area (Å²) < 4.78 is 1.07. The van der Waals surface area contributed by atoms with Gasteiger partial charge in [-0.15, -0.1) is 0 Å². The molecule has 1 unspecified atom stereocenters.